The van der Waals surface area contributed by atoms with E-state index >= 15 is 0 Å². The third-order valence-corrected chi connectivity index (χ3v) is 2.18. The molecule has 1 heterocycles. The van der Waals surface area contributed by atoms with Gasteiger partial charge in [-0.2, -0.15) is 0 Å². The summed E-state index contributed by atoms with van der Waals surface area (Å²) in [6.45, 7) is 3.83. The van der Waals surface area contributed by atoms with E-state index in [2.05, 4.69) is 26.1 Å². The SMILES string of the molecule is CC(C)(/C=N/O)n1ccnc1Br. The number of hydrogen-bond acceptors (Lipinski definition) is 3. The molecule has 0 aliphatic carbocycles. The van der Waals surface area contributed by atoms with Crippen LogP contribution < -0.4 is 0 Å². The first-order valence-electron chi connectivity index (χ1n) is 3.46. The minimum absolute atomic E-state index is 0.371. The van der Waals surface area contributed by atoms with Gasteiger partial charge >= 0.3 is 0 Å². The molecule has 0 bridgehead atoms. The van der Waals surface area contributed by atoms with Gasteiger partial charge < -0.3 is 9.77 Å². The molecule has 4 nitrogen and oxygen atoms in total. The Morgan fingerprint density at radius 2 is 2.42 bits per heavy atom. The maximum absolute atomic E-state index is 8.41. The van der Waals surface area contributed by atoms with E-state index in [1.807, 2.05) is 24.6 Å². The Labute approximate surface area is 79.0 Å². The van der Waals surface area contributed by atoms with Gasteiger partial charge in [-0.3, -0.25) is 0 Å². The highest BCUT2D eigenvalue weighted by atomic mass is 79.9. The van der Waals surface area contributed by atoms with Crippen LogP contribution in [0.3, 0.4) is 0 Å². The van der Waals surface area contributed by atoms with Crippen molar-refractivity contribution in [3.05, 3.63) is 17.1 Å². The maximum Gasteiger partial charge on any atom is 0.177 e. The minimum Gasteiger partial charge on any atom is -0.411 e. The molecular weight excluding hydrogens is 222 g/mol. The highest BCUT2D eigenvalue weighted by Crippen LogP contribution is 2.18. The van der Waals surface area contributed by atoms with Crippen LogP contribution in [0.25, 0.3) is 0 Å². The van der Waals surface area contributed by atoms with Crippen LogP contribution in [0.15, 0.2) is 22.3 Å². The summed E-state index contributed by atoms with van der Waals surface area (Å²) in [6.07, 6.45) is 4.93. The van der Waals surface area contributed by atoms with Gasteiger partial charge in [-0.25, -0.2) is 4.98 Å². The van der Waals surface area contributed by atoms with Crippen LogP contribution in [0, 0.1) is 0 Å². The van der Waals surface area contributed by atoms with Crippen LogP contribution in [0.4, 0.5) is 0 Å². The summed E-state index contributed by atoms with van der Waals surface area (Å²) in [4.78, 5) is 4.00. The van der Waals surface area contributed by atoms with Crippen LogP contribution in [-0.4, -0.2) is 21.0 Å². The fourth-order valence-electron chi connectivity index (χ4n) is 0.919. The van der Waals surface area contributed by atoms with Gasteiger partial charge in [-0.15, -0.1) is 0 Å². The molecule has 1 N–H and O–H groups in total. The molecule has 0 radical (unpaired) electrons. The van der Waals surface area contributed by atoms with Crippen molar-refractivity contribution < 1.29 is 5.21 Å². The maximum atomic E-state index is 8.41. The number of rotatable bonds is 2. The molecule has 12 heavy (non-hydrogen) atoms. The molecule has 5 heteroatoms. The number of nitrogens with zero attached hydrogens (tertiary/aromatic N) is 3. The molecule has 0 saturated carbocycles. The quantitative estimate of drug-likeness (QED) is 0.480. The zero-order valence-corrected chi connectivity index (χ0v) is 8.48. The lowest BCUT2D eigenvalue weighted by atomic mass is 10.1. The Bertz CT molecular complexity index is 293. The number of imidazole rings is 1. The molecule has 66 valence electrons. The van der Waals surface area contributed by atoms with Crippen molar-refractivity contribution in [1.29, 1.82) is 0 Å². The lowest BCUT2D eigenvalue weighted by molar-refractivity contribution is 0.313. The normalized spacial score (nSPS) is 12.6. The van der Waals surface area contributed by atoms with Crippen molar-refractivity contribution in [2.24, 2.45) is 5.16 Å². The van der Waals surface area contributed by atoms with Crippen molar-refractivity contribution in [3.63, 3.8) is 0 Å². The molecule has 1 aromatic rings. The van der Waals surface area contributed by atoms with E-state index in [1.165, 1.54) is 6.21 Å². The molecule has 1 rings (SSSR count). The average molecular weight is 232 g/mol. The van der Waals surface area contributed by atoms with E-state index in [-0.39, 0.29) is 5.54 Å². The molecule has 0 aliphatic rings. The van der Waals surface area contributed by atoms with Crippen molar-refractivity contribution in [2.45, 2.75) is 19.4 Å². The summed E-state index contributed by atoms with van der Waals surface area (Å²) in [5.41, 5.74) is -0.371. The zero-order valence-electron chi connectivity index (χ0n) is 6.90. The summed E-state index contributed by atoms with van der Waals surface area (Å²) in [5, 5.41) is 11.4. The van der Waals surface area contributed by atoms with Crippen LogP contribution in [0.1, 0.15) is 13.8 Å². The van der Waals surface area contributed by atoms with Crippen LogP contribution in [0.5, 0.6) is 0 Å². The fourth-order valence-corrected chi connectivity index (χ4v) is 1.61. The summed E-state index contributed by atoms with van der Waals surface area (Å²) < 4.78 is 2.57. The van der Waals surface area contributed by atoms with Gasteiger partial charge in [0.25, 0.3) is 0 Å². The zero-order chi connectivity index (χ0) is 9.19. The fraction of sp³-hybridized carbons (Fsp3) is 0.429. The summed E-state index contributed by atoms with van der Waals surface area (Å²) in [5.74, 6) is 0. The molecule has 0 aliphatic heterocycles. The number of hydrogen-bond donors (Lipinski definition) is 1. The Kier molecular flexibility index (Phi) is 2.52. The minimum atomic E-state index is -0.371. The lowest BCUT2D eigenvalue weighted by Gasteiger charge is -2.21. The smallest absolute Gasteiger partial charge is 0.177 e. The monoisotopic (exact) mass is 231 g/mol. The van der Waals surface area contributed by atoms with Crippen molar-refractivity contribution >= 4 is 22.1 Å². The molecule has 0 spiro atoms. The van der Waals surface area contributed by atoms with Crippen molar-refractivity contribution in [3.8, 4) is 0 Å². The highest BCUT2D eigenvalue weighted by molar-refractivity contribution is 9.10. The van der Waals surface area contributed by atoms with Gasteiger partial charge in [0, 0.05) is 12.4 Å². The average Bonchev–Trinajstić information content (AvgIpc) is 2.35. The van der Waals surface area contributed by atoms with E-state index in [9.17, 15) is 0 Å². The van der Waals surface area contributed by atoms with E-state index in [0.29, 0.717) is 4.73 Å². The van der Waals surface area contributed by atoms with E-state index in [4.69, 9.17) is 5.21 Å². The van der Waals surface area contributed by atoms with E-state index < -0.39 is 0 Å². The van der Waals surface area contributed by atoms with Crippen molar-refractivity contribution in [2.75, 3.05) is 0 Å². The van der Waals surface area contributed by atoms with Gasteiger partial charge in [0.15, 0.2) is 4.73 Å². The summed E-state index contributed by atoms with van der Waals surface area (Å²) in [7, 11) is 0. The topological polar surface area (TPSA) is 50.4 Å². The summed E-state index contributed by atoms with van der Waals surface area (Å²) >= 11 is 3.28. The second-order valence-electron chi connectivity index (χ2n) is 2.96. The highest BCUT2D eigenvalue weighted by Gasteiger charge is 2.19. The summed E-state index contributed by atoms with van der Waals surface area (Å²) in [6, 6.07) is 0. The third kappa shape index (κ3) is 1.66. The molecule has 0 fully saturated rings. The molecular formula is C7H10BrN3O. The first-order valence-corrected chi connectivity index (χ1v) is 4.25. The van der Waals surface area contributed by atoms with Crippen LogP contribution >= 0.6 is 15.9 Å². The number of halogens is 1. The first-order chi connectivity index (χ1) is 5.58. The molecule has 0 saturated heterocycles. The second kappa shape index (κ2) is 3.26. The Hall–Kier alpha value is -0.840. The Morgan fingerprint density at radius 3 is 2.83 bits per heavy atom. The van der Waals surface area contributed by atoms with Gasteiger partial charge in [0.05, 0.1) is 11.8 Å². The first kappa shape index (κ1) is 9.25. The predicted octanol–water partition coefficient (Wildman–Crippen LogP) is 1.84. The molecule has 0 unspecified atom stereocenters. The largest absolute Gasteiger partial charge is 0.411 e. The number of aromatic nitrogens is 2. The third-order valence-electron chi connectivity index (χ3n) is 1.59. The second-order valence-corrected chi connectivity index (χ2v) is 3.67. The standard InChI is InChI=1S/C7H10BrN3O/c1-7(2,5-10-12)11-4-3-9-6(11)8/h3-5,12H,1-2H3/b10-5+. The van der Waals surface area contributed by atoms with Gasteiger partial charge in [0.1, 0.15) is 0 Å². The molecule has 1 aromatic heterocycles. The van der Waals surface area contributed by atoms with E-state index in [1.54, 1.807) is 6.20 Å². The molecule has 0 amide bonds. The van der Waals surface area contributed by atoms with Crippen LogP contribution in [-0.2, 0) is 5.54 Å². The van der Waals surface area contributed by atoms with Crippen LogP contribution in [0.2, 0.25) is 0 Å². The lowest BCUT2D eigenvalue weighted by Crippen LogP contribution is -2.27. The molecule has 0 aromatic carbocycles. The Morgan fingerprint density at radius 1 is 1.75 bits per heavy atom. The molecule has 0 atom stereocenters. The predicted molar refractivity (Wildman–Crippen MR) is 49.5 cm³/mol. The van der Waals surface area contributed by atoms with E-state index in [0.717, 1.165) is 0 Å². The van der Waals surface area contributed by atoms with Gasteiger partial charge in [0.2, 0.25) is 0 Å². The van der Waals surface area contributed by atoms with Crippen molar-refractivity contribution in [1.82, 2.24) is 9.55 Å². The van der Waals surface area contributed by atoms with Gasteiger partial charge in [-0.1, -0.05) is 5.16 Å². The Balaban J connectivity index is 3.04. The van der Waals surface area contributed by atoms with Gasteiger partial charge in [-0.05, 0) is 29.8 Å². The number of oxime groups is 1.